The average molecular weight is 476 g/mol. The minimum absolute atomic E-state index is 0.0668. The molecule has 0 atom stereocenters. The number of carbonyl (C=O) groups excluding carboxylic acids is 1. The molecule has 0 saturated carbocycles. The molecule has 1 saturated heterocycles. The molecule has 4 rings (SSSR count). The van der Waals surface area contributed by atoms with Crippen molar-refractivity contribution < 1.29 is 13.6 Å². The molecule has 2 aromatic carbocycles. The summed E-state index contributed by atoms with van der Waals surface area (Å²) in [7, 11) is 0. The Morgan fingerprint density at radius 1 is 1.07 bits per heavy atom. The number of hydrogen-bond acceptors (Lipinski definition) is 5. The van der Waals surface area contributed by atoms with E-state index in [-0.39, 0.29) is 17.5 Å². The Hall–Kier alpha value is -2.32. The molecule has 8 heteroatoms. The Morgan fingerprint density at radius 3 is 2.45 bits per heavy atom. The molecule has 0 radical (unpaired) electrons. The van der Waals surface area contributed by atoms with Crippen molar-refractivity contribution in [3.63, 3.8) is 0 Å². The molecule has 2 heterocycles. The number of halogens is 2. The van der Waals surface area contributed by atoms with Gasteiger partial charge in [-0.2, -0.15) is 0 Å². The third-order valence-electron chi connectivity index (χ3n) is 4.76. The van der Waals surface area contributed by atoms with Crippen molar-refractivity contribution in [1.29, 1.82) is 0 Å². The third-order valence-corrected chi connectivity index (χ3v) is 6.11. The summed E-state index contributed by atoms with van der Waals surface area (Å²) >= 11 is 4.72. The first-order valence-electron chi connectivity index (χ1n) is 9.21. The molecule has 1 amide bonds. The van der Waals surface area contributed by atoms with Gasteiger partial charge in [-0.1, -0.05) is 39.8 Å². The minimum Gasteiger partial charge on any atom is -0.431 e. The summed E-state index contributed by atoms with van der Waals surface area (Å²) in [5, 5.41) is 0.487. The highest BCUT2D eigenvalue weighted by Crippen LogP contribution is 2.27. The van der Waals surface area contributed by atoms with Gasteiger partial charge in [-0.05, 0) is 36.4 Å². The van der Waals surface area contributed by atoms with E-state index in [0.717, 1.165) is 28.8 Å². The normalized spacial score (nSPS) is 14.3. The summed E-state index contributed by atoms with van der Waals surface area (Å²) in [4.78, 5) is 20.8. The van der Waals surface area contributed by atoms with Crippen LogP contribution in [0.4, 0.5) is 10.1 Å². The number of carbonyl (C=O) groups is 1. The highest BCUT2D eigenvalue weighted by atomic mass is 79.9. The largest absolute Gasteiger partial charge is 0.431 e. The standard InChI is InChI=1S/C21H19BrFN3O2S/c22-16-3-1-15(2-4-16)19-13-24-21(28-19)29-14-20(27)26-11-9-25(10-12-26)18-7-5-17(23)6-8-18/h1-8,13H,9-12,14H2. The first-order valence-corrected chi connectivity index (χ1v) is 11.0. The van der Waals surface area contributed by atoms with Gasteiger partial charge in [0, 0.05) is 41.9 Å². The number of rotatable bonds is 5. The smallest absolute Gasteiger partial charge is 0.256 e. The van der Waals surface area contributed by atoms with Crippen LogP contribution in [-0.2, 0) is 4.79 Å². The molecule has 0 aliphatic carbocycles. The highest BCUT2D eigenvalue weighted by Gasteiger charge is 2.22. The first kappa shape index (κ1) is 20.0. The maximum absolute atomic E-state index is 13.1. The Labute approximate surface area is 181 Å². The predicted octanol–water partition coefficient (Wildman–Crippen LogP) is 4.68. The Bertz CT molecular complexity index is 970. The van der Waals surface area contributed by atoms with Gasteiger partial charge in [0.15, 0.2) is 5.76 Å². The van der Waals surface area contributed by atoms with Crippen LogP contribution in [0.1, 0.15) is 0 Å². The average Bonchev–Trinajstić information content (AvgIpc) is 3.22. The van der Waals surface area contributed by atoms with E-state index < -0.39 is 0 Å². The summed E-state index contributed by atoms with van der Waals surface area (Å²) in [5.74, 6) is 0.795. The van der Waals surface area contributed by atoms with E-state index in [2.05, 4.69) is 25.8 Å². The lowest BCUT2D eigenvalue weighted by Crippen LogP contribution is -2.49. The van der Waals surface area contributed by atoms with E-state index in [1.807, 2.05) is 29.2 Å². The van der Waals surface area contributed by atoms with Crippen LogP contribution in [0, 0.1) is 5.82 Å². The maximum Gasteiger partial charge on any atom is 0.256 e. The van der Waals surface area contributed by atoms with Gasteiger partial charge in [0.1, 0.15) is 5.82 Å². The van der Waals surface area contributed by atoms with Crippen LogP contribution >= 0.6 is 27.7 Å². The van der Waals surface area contributed by atoms with E-state index >= 15 is 0 Å². The minimum atomic E-state index is -0.241. The highest BCUT2D eigenvalue weighted by molar-refractivity contribution is 9.10. The lowest BCUT2D eigenvalue weighted by Gasteiger charge is -2.36. The molecular weight excluding hydrogens is 457 g/mol. The van der Waals surface area contributed by atoms with E-state index in [9.17, 15) is 9.18 Å². The van der Waals surface area contributed by atoms with Crippen molar-refractivity contribution in [2.75, 3.05) is 36.8 Å². The fourth-order valence-corrected chi connectivity index (χ4v) is 4.12. The van der Waals surface area contributed by atoms with Gasteiger partial charge >= 0.3 is 0 Å². The van der Waals surface area contributed by atoms with Crippen molar-refractivity contribution in [2.45, 2.75) is 5.22 Å². The Kier molecular flexibility index (Phi) is 6.20. The lowest BCUT2D eigenvalue weighted by molar-refractivity contribution is -0.128. The zero-order valence-electron chi connectivity index (χ0n) is 15.6. The zero-order chi connectivity index (χ0) is 20.2. The number of thioether (sulfide) groups is 1. The van der Waals surface area contributed by atoms with Crippen LogP contribution < -0.4 is 4.90 Å². The molecule has 1 aliphatic rings. The van der Waals surface area contributed by atoms with Crippen LogP contribution in [0.3, 0.4) is 0 Å². The van der Waals surface area contributed by atoms with Gasteiger partial charge in [-0.15, -0.1) is 0 Å². The van der Waals surface area contributed by atoms with Gasteiger partial charge in [0.2, 0.25) is 5.91 Å². The van der Waals surface area contributed by atoms with Crippen molar-refractivity contribution >= 4 is 39.3 Å². The van der Waals surface area contributed by atoms with Crippen LogP contribution in [-0.4, -0.2) is 47.7 Å². The number of piperazine rings is 1. The van der Waals surface area contributed by atoms with E-state index in [0.29, 0.717) is 24.1 Å². The van der Waals surface area contributed by atoms with Gasteiger partial charge < -0.3 is 14.2 Å². The van der Waals surface area contributed by atoms with E-state index in [1.165, 1.54) is 23.9 Å². The summed E-state index contributed by atoms with van der Waals surface area (Å²) in [5.41, 5.74) is 1.92. The first-order chi connectivity index (χ1) is 14.1. The van der Waals surface area contributed by atoms with Crippen LogP contribution in [0.15, 0.2) is 68.8 Å². The van der Waals surface area contributed by atoms with Crippen molar-refractivity contribution in [2.24, 2.45) is 0 Å². The lowest BCUT2D eigenvalue weighted by atomic mass is 10.2. The molecule has 0 N–H and O–H groups in total. The number of nitrogens with zero attached hydrogens (tertiary/aromatic N) is 3. The van der Waals surface area contributed by atoms with Gasteiger partial charge in [-0.25, -0.2) is 9.37 Å². The van der Waals surface area contributed by atoms with Crippen molar-refractivity contribution in [3.05, 3.63) is 65.0 Å². The molecule has 1 fully saturated rings. The predicted molar refractivity (Wildman–Crippen MR) is 116 cm³/mol. The second kappa shape index (κ2) is 9.00. The SMILES string of the molecule is O=C(CSc1ncc(-c2ccc(Br)cc2)o1)N1CCN(c2ccc(F)cc2)CC1. The number of amides is 1. The maximum atomic E-state index is 13.1. The molecule has 29 heavy (non-hydrogen) atoms. The van der Waals surface area contributed by atoms with E-state index in [4.69, 9.17) is 4.42 Å². The van der Waals surface area contributed by atoms with Gasteiger partial charge in [-0.3, -0.25) is 4.79 Å². The van der Waals surface area contributed by atoms with Crippen molar-refractivity contribution in [3.8, 4) is 11.3 Å². The number of oxazole rings is 1. The summed E-state index contributed by atoms with van der Waals surface area (Å²) < 4.78 is 19.8. The van der Waals surface area contributed by atoms with Crippen molar-refractivity contribution in [1.82, 2.24) is 9.88 Å². The van der Waals surface area contributed by atoms with Gasteiger partial charge in [0.05, 0.1) is 11.9 Å². The quantitative estimate of drug-likeness (QED) is 0.501. The number of anilines is 1. The zero-order valence-corrected chi connectivity index (χ0v) is 18.0. The Morgan fingerprint density at radius 2 is 1.76 bits per heavy atom. The molecule has 1 aromatic heterocycles. The molecule has 0 bridgehead atoms. The monoisotopic (exact) mass is 475 g/mol. The third kappa shape index (κ3) is 5.00. The molecule has 3 aromatic rings. The number of hydrogen-bond donors (Lipinski definition) is 0. The number of benzene rings is 2. The second-order valence-corrected chi connectivity index (χ2v) is 8.47. The molecule has 0 spiro atoms. The molecular formula is C21H19BrFN3O2S. The summed E-state index contributed by atoms with van der Waals surface area (Å²) in [6.07, 6.45) is 1.68. The van der Waals surface area contributed by atoms with E-state index in [1.54, 1.807) is 18.3 Å². The Balaban J connectivity index is 1.27. The fraction of sp³-hybridized carbons (Fsp3) is 0.238. The van der Waals surface area contributed by atoms with Crippen LogP contribution in [0.2, 0.25) is 0 Å². The molecule has 5 nitrogen and oxygen atoms in total. The topological polar surface area (TPSA) is 49.6 Å². The molecule has 150 valence electrons. The van der Waals surface area contributed by atoms with Gasteiger partial charge in [0.25, 0.3) is 5.22 Å². The molecule has 0 unspecified atom stereocenters. The van der Waals surface area contributed by atoms with Crippen LogP contribution in [0.5, 0.6) is 0 Å². The summed E-state index contributed by atoms with van der Waals surface area (Å²) in [6.45, 7) is 2.75. The van der Waals surface area contributed by atoms with Crippen LogP contribution in [0.25, 0.3) is 11.3 Å². The number of aromatic nitrogens is 1. The molecule has 1 aliphatic heterocycles. The summed E-state index contributed by atoms with van der Waals surface area (Å²) in [6, 6.07) is 14.3. The fourth-order valence-electron chi connectivity index (χ4n) is 3.15. The second-order valence-electron chi connectivity index (χ2n) is 6.63.